The Labute approximate surface area is 202 Å². The van der Waals surface area contributed by atoms with Crippen LogP contribution in [0.2, 0.25) is 0 Å². The van der Waals surface area contributed by atoms with E-state index >= 15 is 0 Å². The van der Waals surface area contributed by atoms with Crippen molar-refractivity contribution in [2.45, 2.75) is 24.8 Å². The fraction of sp³-hybridized carbons (Fsp3) is 0.227. The fourth-order valence-electron chi connectivity index (χ4n) is 3.00. The highest BCUT2D eigenvalue weighted by molar-refractivity contribution is 7.89. The van der Waals surface area contributed by atoms with Gasteiger partial charge in [0.2, 0.25) is 27.7 Å². The molecule has 3 amide bonds. The third kappa shape index (κ3) is 6.71. The van der Waals surface area contributed by atoms with Crippen LogP contribution in [0.25, 0.3) is 0 Å². The third-order valence-corrected chi connectivity index (χ3v) is 6.72. The molecule has 0 aliphatic rings. The first-order valence-corrected chi connectivity index (χ1v) is 11.9. The van der Waals surface area contributed by atoms with Crippen molar-refractivity contribution in [1.82, 2.24) is 19.1 Å². The first-order valence-electron chi connectivity index (χ1n) is 10.4. The van der Waals surface area contributed by atoms with E-state index in [4.69, 9.17) is 0 Å². The van der Waals surface area contributed by atoms with E-state index < -0.39 is 28.5 Å². The quantitative estimate of drug-likeness (QED) is 0.405. The number of amides is 3. The summed E-state index contributed by atoms with van der Waals surface area (Å²) in [5, 5.41) is 11.9. The molecule has 3 N–H and O–H groups in total. The Kier molecular flexibility index (Phi) is 7.94. The summed E-state index contributed by atoms with van der Waals surface area (Å²) in [4.78, 5) is 39.6. The minimum Gasteiger partial charge on any atom is -0.326 e. The maximum Gasteiger partial charge on any atom is 0.249 e. The molecule has 1 heterocycles. The molecule has 12 nitrogen and oxygen atoms in total. The molecule has 3 rings (SSSR count). The minimum atomic E-state index is -3.92. The van der Waals surface area contributed by atoms with Crippen LogP contribution in [0.4, 0.5) is 17.1 Å². The summed E-state index contributed by atoms with van der Waals surface area (Å²) in [7, 11) is -2.62. The first-order chi connectivity index (χ1) is 16.6. The lowest BCUT2D eigenvalue weighted by Gasteiger charge is -2.17. The number of carbonyl (C=O) groups excluding carboxylic acids is 3. The summed E-state index contributed by atoms with van der Waals surface area (Å²) >= 11 is 0. The Bertz CT molecular complexity index is 1290. The second-order valence-electron chi connectivity index (χ2n) is 7.63. The molecule has 0 saturated heterocycles. The molecule has 1 unspecified atom stereocenters. The van der Waals surface area contributed by atoms with E-state index in [9.17, 15) is 22.8 Å². The molecule has 3 aromatic rings. The molecule has 0 aliphatic heterocycles. The number of nitrogens with one attached hydrogen (secondary N) is 3. The number of nitrogens with zero attached hydrogens (tertiary/aromatic N) is 4. The lowest BCUT2D eigenvalue weighted by atomic mass is 10.2. The van der Waals surface area contributed by atoms with Crippen molar-refractivity contribution >= 4 is 44.8 Å². The molecule has 0 aliphatic carbocycles. The Hall–Kier alpha value is -4.10. The van der Waals surface area contributed by atoms with Gasteiger partial charge in [-0.25, -0.2) is 18.1 Å². The fourth-order valence-corrected chi connectivity index (χ4v) is 4.13. The van der Waals surface area contributed by atoms with Crippen LogP contribution >= 0.6 is 0 Å². The number of rotatable bonds is 9. The summed E-state index contributed by atoms with van der Waals surface area (Å²) in [6.07, 6.45) is 2.79. The topological polar surface area (TPSA) is 155 Å². The summed E-state index contributed by atoms with van der Waals surface area (Å²) in [6, 6.07) is 11.5. The van der Waals surface area contributed by atoms with E-state index in [1.165, 1.54) is 55.6 Å². The zero-order valence-corrected chi connectivity index (χ0v) is 20.1. The van der Waals surface area contributed by atoms with Crippen molar-refractivity contribution in [2.75, 3.05) is 29.5 Å². The average molecular weight is 500 g/mol. The van der Waals surface area contributed by atoms with Crippen LogP contribution in [-0.4, -0.2) is 58.8 Å². The maximum atomic E-state index is 12.7. The Morgan fingerprint density at radius 1 is 0.943 bits per heavy atom. The predicted octanol–water partition coefficient (Wildman–Crippen LogP) is 1.70. The van der Waals surface area contributed by atoms with Crippen LogP contribution in [-0.2, 0) is 24.4 Å². The van der Waals surface area contributed by atoms with Gasteiger partial charge in [-0.2, -0.15) is 9.40 Å². The molecule has 0 fully saturated rings. The standard InChI is InChI=1S/C22H25N7O5S/c1-15(29-14-23-13-24-29)22(32)27-19-6-4-18(5-7-19)26-21(31)12-28(3)35(33,34)20-10-8-17(9-11-20)25-16(2)30/h4-11,13-15H,12H2,1-3H3,(H,25,30)(H,26,31)(H,27,32). The molecule has 0 bridgehead atoms. The third-order valence-electron chi connectivity index (χ3n) is 4.90. The van der Waals surface area contributed by atoms with Gasteiger partial charge in [-0.05, 0) is 55.5 Å². The molecular formula is C22H25N7O5S. The normalized spacial score (nSPS) is 12.1. The SMILES string of the molecule is CC(=O)Nc1ccc(S(=O)(=O)N(C)CC(=O)Nc2ccc(NC(=O)C(C)n3cncn3)cc2)cc1. The smallest absolute Gasteiger partial charge is 0.249 e. The molecule has 2 aromatic carbocycles. The number of aromatic nitrogens is 3. The van der Waals surface area contributed by atoms with Crippen molar-refractivity contribution in [3.05, 3.63) is 61.2 Å². The zero-order chi connectivity index (χ0) is 25.6. The van der Waals surface area contributed by atoms with Crippen molar-refractivity contribution in [1.29, 1.82) is 0 Å². The van der Waals surface area contributed by atoms with Gasteiger partial charge in [0.05, 0.1) is 11.4 Å². The van der Waals surface area contributed by atoms with Gasteiger partial charge in [0, 0.05) is 31.0 Å². The van der Waals surface area contributed by atoms with Gasteiger partial charge < -0.3 is 16.0 Å². The summed E-state index contributed by atoms with van der Waals surface area (Å²) < 4.78 is 27.8. The molecule has 184 valence electrons. The van der Waals surface area contributed by atoms with E-state index in [0.717, 1.165) is 4.31 Å². The van der Waals surface area contributed by atoms with Gasteiger partial charge in [0.15, 0.2) is 0 Å². The van der Waals surface area contributed by atoms with E-state index in [0.29, 0.717) is 17.1 Å². The van der Waals surface area contributed by atoms with Crippen LogP contribution in [0.5, 0.6) is 0 Å². The number of sulfonamides is 1. The number of hydrogen-bond acceptors (Lipinski definition) is 7. The summed E-state index contributed by atoms with van der Waals surface area (Å²) in [5.74, 6) is -1.10. The molecule has 1 aromatic heterocycles. The van der Waals surface area contributed by atoms with Crippen molar-refractivity contribution < 1.29 is 22.8 Å². The molecule has 0 spiro atoms. The van der Waals surface area contributed by atoms with Crippen LogP contribution in [0.3, 0.4) is 0 Å². The molecule has 1 atom stereocenters. The van der Waals surface area contributed by atoms with Gasteiger partial charge in [0.1, 0.15) is 18.7 Å². The Morgan fingerprint density at radius 3 is 2.03 bits per heavy atom. The van der Waals surface area contributed by atoms with Gasteiger partial charge >= 0.3 is 0 Å². The molecular weight excluding hydrogens is 474 g/mol. The van der Waals surface area contributed by atoms with Crippen LogP contribution in [0.15, 0.2) is 66.1 Å². The van der Waals surface area contributed by atoms with Gasteiger partial charge in [-0.3, -0.25) is 14.4 Å². The van der Waals surface area contributed by atoms with E-state index in [1.54, 1.807) is 31.2 Å². The first kappa shape index (κ1) is 25.5. The Morgan fingerprint density at radius 2 is 1.49 bits per heavy atom. The van der Waals surface area contributed by atoms with Crippen LogP contribution in [0.1, 0.15) is 19.9 Å². The largest absolute Gasteiger partial charge is 0.326 e. The number of likely N-dealkylation sites (N-methyl/N-ethyl adjacent to an activating group) is 1. The number of carbonyl (C=O) groups is 3. The van der Waals surface area contributed by atoms with Crippen molar-refractivity contribution in [2.24, 2.45) is 0 Å². The lowest BCUT2D eigenvalue weighted by molar-refractivity contribution is -0.119. The van der Waals surface area contributed by atoms with Gasteiger partial charge in [-0.15, -0.1) is 0 Å². The predicted molar refractivity (Wildman–Crippen MR) is 129 cm³/mol. The minimum absolute atomic E-state index is 0.0119. The van der Waals surface area contributed by atoms with E-state index in [1.807, 2.05) is 0 Å². The highest BCUT2D eigenvalue weighted by atomic mass is 32.2. The second kappa shape index (κ2) is 10.9. The van der Waals surface area contributed by atoms with Crippen LogP contribution in [0, 0.1) is 0 Å². The summed E-state index contributed by atoms with van der Waals surface area (Å²) in [6.45, 7) is 2.62. The molecule has 0 saturated carbocycles. The zero-order valence-electron chi connectivity index (χ0n) is 19.3. The van der Waals surface area contributed by atoms with Gasteiger partial charge in [0.25, 0.3) is 0 Å². The highest BCUT2D eigenvalue weighted by Crippen LogP contribution is 2.19. The highest BCUT2D eigenvalue weighted by Gasteiger charge is 2.23. The molecule has 0 radical (unpaired) electrons. The van der Waals surface area contributed by atoms with Crippen molar-refractivity contribution in [3.63, 3.8) is 0 Å². The summed E-state index contributed by atoms with van der Waals surface area (Å²) in [5.41, 5.74) is 1.41. The number of anilines is 3. The molecule has 13 heteroatoms. The Balaban J connectivity index is 1.55. The van der Waals surface area contributed by atoms with Gasteiger partial charge in [-0.1, -0.05) is 0 Å². The molecule has 35 heavy (non-hydrogen) atoms. The van der Waals surface area contributed by atoms with Crippen LogP contribution < -0.4 is 16.0 Å². The second-order valence-corrected chi connectivity index (χ2v) is 9.68. The monoisotopic (exact) mass is 499 g/mol. The maximum absolute atomic E-state index is 12.7. The van der Waals surface area contributed by atoms with E-state index in [2.05, 4.69) is 26.0 Å². The number of benzene rings is 2. The van der Waals surface area contributed by atoms with Crippen molar-refractivity contribution in [3.8, 4) is 0 Å². The van der Waals surface area contributed by atoms with E-state index in [-0.39, 0.29) is 16.7 Å². The average Bonchev–Trinajstić information content (AvgIpc) is 3.34. The number of hydrogen-bond donors (Lipinski definition) is 3. The lowest BCUT2D eigenvalue weighted by Crippen LogP contribution is -2.35.